The molecule has 2 aromatic heterocycles. The van der Waals surface area contributed by atoms with Crippen LogP contribution in [0, 0.1) is 0 Å². The highest BCUT2D eigenvalue weighted by Gasteiger charge is 2.24. The van der Waals surface area contributed by atoms with Crippen molar-refractivity contribution >= 4 is 33.6 Å². The second-order valence-electron chi connectivity index (χ2n) is 6.91. The maximum Gasteiger partial charge on any atom is 0.420 e. The van der Waals surface area contributed by atoms with E-state index in [9.17, 15) is 4.79 Å². The highest BCUT2D eigenvalue weighted by atomic mass is 16.3. The fourth-order valence-electron chi connectivity index (χ4n) is 2.80. The normalized spacial score (nSPS) is 12.0. The van der Waals surface area contributed by atoms with Crippen molar-refractivity contribution in [1.82, 2.24) is 10.2 Å². The van der Waals surface area contributed by atoms with Gasteiger partial charge in [-0.05, 0) is 37.3 Å². The third-order valence-electron chi connectivity index (χ3n) is 4.81. The van der Waals surface area contributed by atoms with Gasteiger partial charge in [-0.2, -0.15) is 5.10 Å². The minimum atomic E-state index is -0.0550. The topological polar surface area (TPSA) is 70.9 Å². The molecule has 132 valence electrons. The molecule has 0 spiro atoms. The van der Waals surface area contributed by atoms with Gasteiger partial charge in [-0.1, -0.05) is 18.2 Å². The quantitative estimate of drug-likeness (QED) is 0.531. The van der Waals surface area contributed by atoms with Crippen molar-refractivity contribution in [3.8, 4) is 11.5 Å². The smallest absolute Gasteiger partial charge is 0.420 e. The molecule has 2 aromatic carbocycles. The first-order valence-electron chi connectivity index (χ1n) is 8.59. The van der Waals surface area contributed by atoms with Crippen molar-refractivity contribution in [2.75, 3.05) is 26.0 Å². The van der Waals surface area contributed by atoms with Crippen LogP contribution >= 0.6 is 0 Å². The maximum absolute atomic E-state index is 12.4. The molecule has 0 aliphatic carbocycles. The summed E-state index contributed by atoms with van der Waals surface area (Å²) in [6, 6.07) is 15.5. The molecule has 0 saturated carbocycles. The summed E-state index contributed by atoms with van der Waals surface area (Å²) in [6.45, 7) is 2.70. The van der Waals surface area contributed by atoms with Gasteiger partial charge in [0.25, 0.3) is 0 Å². The van der Waals surface area contributed by atoms with Crippen LogP contribution in [0.2, 0.25) is 0 Å². The Morgan fingerprint density at radius 2 is 2.00 bits per heavy atom. The van der Waals surface area contributed by atoms with Crippen molar-refractivity contribution < 1.29 is 13.7 Å². The minimum absolute atomic E-state index is 0.0550. The van der Waals surface area contributed by atoms with E-state index in [2.05, 4.69) is 15.5 Å². The minimum Gasteiger partial charge on any atom is -0.454 e. The SMILES string of the molecule is CC[N+](C)(C)C(=O)Nc1ccc2[nH]nc(-c3cc4ccccc4o3)c2c1. The summed E-state index contributed by atoms with van der Waals surface area (Å²) >= 11 is 0. The zero-order valence-corrected chi connectivity index (χ0v) is 15.0. The van der Waals surface area contributed by atoms with Crippen molar-refractivity contribution in [3.05, 3.63) is 48.5 Å². The molecule has 4 rings (SSSR count). The molecule has 0 fully saturated rings. The van der Waals surface area contributed by atoms with Gasteiger partial charge in [0.2, 0.25) is 0 Å². The van der Waals surface area contributed by atoms with E-state index < -0.39 is 0 Å². The molecular weight excluding hydrogens is 328 g/mol. The van der Waals surface area contributed by atoms with E-state index in [4.69, 9.17) is 4.42 Å². The Kier molecular flexibility index (Phi) is 3.77. The maximum atomic E-state index is 12.4. The molecule has 0 atom stereocenters. The third kappa shape index (κ3) is 2.74. The molecule has 4 aromatic rings. The summed E-state index contributed by atoms with van der Waals surface area (Å²) in [5.74, 6) is 0.700. The van der Waals surface area contributed by atoms with Gasteiger partial charge in [0.15, 0.2) is 5.76 Å². The number of aromatic nitrogens is 2. The van der Waals surface area contributed by atoms with Crippen molar-refractivity contribution in [3.63, 3.8) is 0 Å². The lowest BCUT2D eigenvalue weighted by Gasteiger charge is -2.24. The molecule has 26 heavy (non-hydrogen) atoms. The van der Waals surface area contributed by atoms with Crippen LogP contribution in [0.1, 0.15) is 6.92 Å². The molecule has 0 bridgehead atoms. The van der Waals surface area contributed by atoms with E-state index in [0.29, 0.717) is 12.3 Å². The van der Waals surface area contributed by atoms with Crippen molar-refractivity contribution in [2.45, 2.75) is 6.92 Å². The highest BCUT2D eigenvalue weighted by molar-refractivity contribution is 5.97. The first-order chi connectivity index (χ1) is 12.5. The number of hydrogen-bond acceptors (Lipinski definition) is 3. The Hall–Kier alpha value is -3.12. The Morgan fingerprint density at radius 3 is 2.77 bits per heavy atom. The van der Waals surface area contributed by atoms with Crippen LogP contribution in [0.3, 0.4) is 0 Å². The number of carbonyl (C=O) groups is 1. The molecule has 6 heteroatoms. The molecule has 0 radical (unpaired) electrons. The van der Waals surface area contributed by atoms with Gasteiger partial charge in [0.1, 0.15) is 11.3 Å². The summed E-state index contributed by atoms with van der Waals surface area (Å²) in [4.78, 5) is 12.4. The highest BCUT2D eigenvalue weighted by Crippen LogP contribution is 2.32. The monoisotopic (exact) mass is 349 g/mol. The summed E-state index contributed by atoms with van der Waals surface area (Å²) in [5, 5.41) is 12.4. The first-order valence-corrected chi connectivity index (χ1v) is 8.59. The van der Waals surface area contributed by atoms with Crippen molar-refractivity contribution in [1.29, 1.82) is 0 Å². The van der Waals surface area contributed by atoms with E-state index in [1.54, 1.807) is 0 Å². The van der Waals surface area contributed by atoms with Crippen LogP contribution in [0.4, 0.5) is 10.5 Å². The van der Waals surface area contributed by atoms with Gasteiger partial charge in [-0.3, -0.25) is 10.4 Å². The standard InChI is InChI=1S/C20H20N4O2/c1-4-24(2,3)20(25)21-14-9-10-16-15(12-14)19(23-22-16)18-11-13-7-5-6-8-17(13)26-18/h5-12H,4H2,1-3H3,(H-,21,22,23,25)/p+1. The van der Waals surface area contributed by atoms with Gasteiger partial charge < -0.3 is 4.42 Å². The predicted molar refractivity (Wildman–Crippen MR) is 103 cm³/mol. The van der Waals surface area contributed by atoms with Crippen LogP contribution in [0.25, 0.3) is 33.3 Å². The third-order valence-corrected chi connectivity index (χ3v) is 4.81. The Balaban J connectivity index is 1.74. The Labute approximate surface area is 151 Å². The number of carbonyl (C=O) groups excluding carboxylic acids is 1. The zero-order chi connectivity index (χ0) is 18.3. The van der Waals surface area contributed by atoms with E-state index >= 15 is 0 Å². The number of rotatable bonds is 3. The Morgan fingerprint density at radius 1 is 1.19 bits per heavy atom. The second-order valence-corrected chi connectivity index (χ2v) is 6.91. The number of nitrogens with one attached hydrogen (secondary N) is 2. The largest absolute Gasteiger partial charge is 0.454 e. The van der Waals surface area contributed by atoms with Crippen LogP contribution in [0.15, 0.2) is 52.9 Å². The number of anilines is 1. The van der Waals surface area contributed by atoms with Crippen LogP contribution in [-0.4, -0.2) is 41.4 Å². The number of benzene rings is 2. The van der Waals surface area contributed by atoms with Gasteiger partial charge in [0, 0.05) is 16.5 Å². The molecule has 0 unspecified atom stereocenters. The molecule has 6 nitrogen and oxygen atoms in total. The Bertz CT molecular complexity index is 1070. The average molecular weight is 349 g/mol. The van der Waals surface area contributed by atoms with E-state index in [1.165, 1.54) is 0 Å². The molecule has 0 saturated heterocycles. The molecule has 2 amide bonds. The number of amides is 2. The lowest BCUT2D eigenvalue weighted by molar-refractivity contribution is -0.804. The van der Waals surface area contributed by atoms with Crippen LogP contribution < -0.4 is 5.32 Å². The zero-order valence-electron chi connectivity index (χ0n) is 15.0. The summed E-state index contributed by atoms with van der Waals surface area (Å²) in [7, 11) is 3.76. The fraction of sp³-hybridized carbons (Fsp3) is 0.200. The number of furan rings is 1. The first kappa shape index (κ1) is 16.4. The van der Waals surface area contributed by atoms with Gasteiger partial charge in [-0.25, -0.2) is 9.28 Å². The lowest BCUT2D eigenvalue weighted by atomic mass is 10.1. The molecule has 0 aliphatic heterocycles. The summed E-state index contributed by atoms with van der Waals surface area (Å²) in [6.07, 6.45) is 0. The second kappa shape index (κ2) is 6.00. The number of quaternary nitrogens is 1. The van der Waals surface area contributed by atoms with E-state index in [0.717, 1.165) is 33.3 Å². The van der Waals surface area contributed by atoms with Crippen molar-refractivity contribution in [2.24, 2.45) is 0 Å². The number of aromatic amines is 1. The predicted octanol–water partition coefficient (Wildman–Crippen LogP) is 4.60. The molecule has 2 heterocycles. The molecule has 2 N–H and O–H groups in total. The number of para-hydroxylation sites is 1. The van der Waals surface area contributed by atoms with Gasteiger partial charge >= 0.3 is 6.03 Å². The summed E-state index contributed by atoms with van der Waals surface area (Å²) in [5.41, 5.74) is 3.19. The fourth-order valence-corrected chi connectivity index (χ4v) is 2.80. The van der Waals surface area contributed by atoms with Crippen LogP contribution in [0.5, 0.6) is 0 Å². The average Bonchev–Trinajstić information content (AvgIpc) is 3.24. The van der Waals surface area contributed by atoms with E-state index in [-0.39, 0.29) is 10.5 Å². The van der Waals surface area contributed by atoms with Gasteiger partial charge in [-0.15, -0.1) is 0 Å². The number of nitrogens with zero attached hydrogens (tertiary/aromatic N) is 2. The number of fused-ring (bicyclic) bond motifs is 2. The van der Waals surface area contributed by atoms with Crippen LogP contribution in [-0.2, 0) is 0 Å². The molecule has 0 aliphatic rings. The molecular formula is C20H21N4O2+. The number of urea groups is 1. The number of hydrogen-bond donors (Lipinski definition) is 2. The summed E-state index contributed by atoms with van der Waals surface area (Å²) < 4.78 is 6.20. The number of H-pyrrole nitrogens is 1. The lowest BCUT2D eigenvalue weighted by Crippen LogP contribution is -2.47. The van der Waals surface area contributed by atoms with E-state index in [1.807, 2.05) is 69.6 Å². The van der Waals surface area contributed by atoms with Gasteiger partial charge in [0.05, 0.1) is 26.2 Å².